The maximum atomic E-state index is 12.3. The number of benzene rings is 1. The maximum Gasteiger partial charge on any atom is 0.326 e. The number of nitrogens with one attached hydrogen (secondary N) is 1. The second-order valence-electron chi connectivity index (χ2n) is 7.66. The Balaban J connectivity index is 1.95. The predicted molar refractivity (Wildman–Crippen MR) is 99.8 cm³/mol. The highest BCUT2D eigenvalue weighted by Gasteiger charge is 2.25. The van der Waals surface area contributed by atoms with Gasteiger partial charge in [-0.25, -0.2) is 4.79 Å². The molecule has 0 radical (unpaired) electrons. The molecule has 0 unspecified atom stereocenters. The molecule has 1 aromatic carbocycles. The van der Waals surface area contributed by atoms with Crippen LogP contribution in [0, 0.1) is 11.8 Å². The van der Waals surface area contributed by atoms with Crippen LogP contribution >= 0.6 is 0 Å². The van der Waals surface area contributed by atoms with Gasteiger partial charge >= 0.3 is 5.97 Å². The summed E-state index contributed by atoms with van der Waals surface area (Å²) < 4.78 is 0. The summed E-state index contributed by atoms with van der Waals surface area (Å²) in [6.45, 7) is 5.83. The number of carbonyl (C=O) groups is 2. The molecule has 4 nitrogen and oxygen atoms in total. The van der Waals surface area contributed by atoms with Gasteiger partial charge in [0, 0.05) is 5.56 Å². The number of hydrogen-bond acceptors (Lipinski definition) is 2. The molecule has 0 bridgehead atoms. The Bertz CT molecular complexity index is 571. The van der Waals surface area contributed by atoms with Gasteiger partial charge in [-0.15, -0.1) is 0 Å². The van der Waals surface area contributed by atoms with Crippen molar-refractivity contribution >= 4 is 11.9 Å². The molecule has 0 aromatic heterocycles. The zero-order chi connectivity index (χ0) is 18.4. The molecule has 1 aromatic rings. The van der Waals surface area contributed by atoms with E-state index in [-0.39, 0.29) is 11.8 Å². The third-order valence-electron chi connectivity index (χ3n) is 5.41. The van der Waals surface area contributed by atoms with Crippen molar-refractivity contribution in [2.75, 3.05) is 0 Å². The second-order valence-corrected chi connectivity index (χ2v) is 7.66. The largest absolute Gasteiger partial charge is 0.480 e. The van der Waals surface area contributed by atoms with Gasteiger partial charge in [0.25, 0.3) is 5.91 Å². The minimum atomic E-state index is -0.996. The SMILES string of the molecule is CCCC1CCC(c2ccc(C(=O)N[C@@H](C(=O)O)C(C)C)cc2)CC1. The molecule has 1 fully saturated rings. The first-order valence-corrected chi connectivity index (χ1v) is 9.56. The smallest absolute Gasteiger partial charge is 0.326 e. The van der Waals surface area contributed by atoms with E-state index in [9.17, 15) is 14.7 Å². The van der Waals surface area contributed by atoms with E-state index in [2.05, 4.69) is 12.2 Å². The Hall–Kier alpha value is -1.84. The van der Waals surface area contributed by atoms with Crippen LogP contribution in [0.4, 0.5) is 0 Å². The monoisotopic (exact) mass is 345 g/mol. The lowest BCUT2D eigenvalue weighted by atomic mass is 9.77. The van der Waals surface area contributed by atoms with Crippen LogP contribution in [-0.4, -0.2) is 23.0 Å². The highest BCUT2D eigenvalue weighted by atomic mass is 16.4. The van der Waals surface area contributed by atoms with Crippen molar-refractivity contribution in [1.82, 2.24) is 5.32 Å². The molecule has 1 saturated carbocycles. The molecule has 1 aliphatic carbocycles. The third-order valence-corrected chi connectivity index (χ3v) is 5.41. The van der Waals surface area contributed by atoms with Crippen molar-refractivity contribution in [3.8, 4) is 0 Å². The van der Waals surface area contributed by atoms with Gasteiger partial charge in [-0.2, -0.15) is 0 Å². The van der Waals surface area contributed by atoms with E-state index >= 15 is 0 Å². The fraction of sp³-hybridized carbons (Fsp3) is 0.619. The van der Waals surface area contributed by atoms with Gasteiger partial charge < -0.3 is 10.4 Å². The fourth-order valence-electron chi connectivity index (χ4n) is 3.84. The summed E-state index contributed by atoms with van der Waals surface area (Å²) in [5, 5.41) is 11.8. The molecule has 138 valence electrons. The van der Waals surface area contributed by atoms with E-state index in [1.165, 1.54) is 44.1 Å². The number of carboxylic acid groups (broad SMARTS) is 1. The van der Waals surface area contributed by atoms with Crippen LogP contribution in [0.15, 0.2) is 24.3 Å². The molecule has 1 aliphatic rings. The van der Waals surface area contributed by atoms with Crippen LogP contribution in [0.3, 0.4) is 0 Å². The van der Waals surface area contributed by atoms with Crippen LogP contribution in [0.1, 0.15) is 81.1 Å². The summed E-state index contributed by atoms with van der Waals surface area (Å²) in [6, 6.07) is 6.85. The van der Waals surface area contributed by atoms with Gasteiger partial charge in [-0.3, -0.25) is 4.79 Å². The van der Waals surface area contributed by atoms with Crippen LogP contribution in [0.25, 0.3) is 0 Å². The Morgan fingerprint density at radius 2 is 1.72 bits per heavy atom. The van der Waals surface area contributed by atoms with E-state index in [0.29, 0.717) is 11.5 Å². The van der Waals surface area contributed by atoms with E-state index in [0.717, 1.165) is 5.92 Å². The number of hydrogen-bond donors (Lipinski definition) is 2. The highest BCUT2D eigenvalue weighted by molar-refractivity contribution is 5.96. The molecule has 0 saturated heterocycles. The zero-order valence-corrected chi connectivity index (χ0v) is 15.6. The van der Waals surface area contributed by atoms with E-state index < -0.39 is 12.0 Å². The number of carboxylic acids is 1. The summed E-state index contributed by atoms with van der Waals surface area (Å²) in [7, 11) is 0. The highest BCUT2D eigenvalue weighted by Crippen LogP contribution is 2.37. The standard InChI is InChI=1S/C21H31NO3/c1-4-5-15-6-8-16(9-7-15)17-10-12-18(13-11-17)20(23)22-19(14(2)3)21(24)25/h10-16,19H,4-9H2,1-3H3,(H,22,23)(H,24,25)/t15?,16?,19-/m1/s1. The average molecular weight is 345 g/mol. The minimum absolute atomic E-state index is 0.154. The summed E-state index contributed by atoms with van der Waals surface area (Å²) >= 11 is 0. The number of rotatable bonds is 7. The molecule has 0 aliphatic heterocycles. The van der Waals surface area contributed by atoms with Gasteiger partial charge in [0.1, 0.15) is 6.04 Å². The van der Waals surface area contributed by atoms with Gasteiger partial charge in [0.05, 0.1) is 0 Å². The summed E-state index contributed by atoms with van der Waals surface area (Å²) in [5.41, 5.74) is 1.82. The van der Waals surface area contributed by atoms with Crippen molar-refractivity contribution < 1.29 is 14.7 Å². The Kier molecular flexibility index (Phi) is 7.03. The van der Waals surface area contributed by atoms with Crippen LogP contribution in [0.2, 0.25) is 0 Å². The summed E-state index contributed by atoms with van der Waals surface area (Å²) in [4.78, 5) is 23.5. The van der Waals surface area contributed by atoms with Gasteiger partial charge in [0.2, 0.25) is 0 Å². The molecule has 2 rings (SSSR count). The molecule has 0 heterocycles. The Morgan fingerprint density at radius 3 is 2.20 bits per heavy atom. The number of aliphatic carboxylic acids is 1. The topological polar surface area (TPSA) is 66.4 Å². The van der Waals surface area contributed by atoms with Gasteiger partial charge in [-0.1, -0.05) is 45.7 Å². The van der Waals surface area contributed by atoms with Crippen LogP contribution in [0.5, 0.6) is 0 Å². The summed E-state index contributed by atoms with van der Waals surface area (Å²) in [5.74, 6) is 0.00470. The maximum absolute atomic E-state index is 12.3. The van der Waals surface area contributed by atoms with Crippen molar-refractivity contribution in [1.29, 1.82) is 0 Å². The predicted octanol–water partition coefficient (Wildman–Crippen LogP) is 4.60. The second kappa shape index (κ2) is 9.02. The number of amides is 1. The van der Waals surface area contributed by atoms with Gasteiger partial charge in [0.15, 0.2) is 0 Å². The Morgan fingerprint density at radius 1 is 1.12 bits per heavy atom. The first-order chi connectivity index (χ1) is 11.9. The molecule has 2 N–H and O–H groups in total. The van der Waals surface area contributed by atoms with Crippen LogP contribution < -0.4 is 5.32 Å². The lowest BCUT2D eigenvalue weighted by Crippen LogP contribution is -2.44. The third kappa shape index (κ3) is 5.32. The van der Waals surface area contributed by atoms with Crippen molar-refractivity contribution in [3.05, 3.63) is 35.4 Å². The lowest BCUT2D eigenvalue weighted by molar-refractivity contribution is -0.140. The molecule has 1 amide bonds. The average Bonchev–Trinajstić information content (AvgIpc) is 2.60. The Labute approximate surface area is 151 Å². The molecule has 25 heavy (non-hydrogen) atoms. The molecule has 0 spiro atoms. The first kappa shape index (κ1) is 19.5. The van der Waals surface area contributed by atoms with Crippen LogP contribution in [-0.2, 0) is 4.79 Å². The summed E-state index contributed by atoms with van der Waals surface area (Å²) in [6.07, 6.45) is 7.67. The van der Waals surface area contributed by atoms with Crippen molar-refractivity contribution in [2.24, 2.45) is 11.8 Å². The zero-order valence-electron chi connectivity index (χ0n) is 15.6. The van der Waals surface area contributed by atoms with E-state index in [1.807, 2.05) is 24.3 Å². The quantitative estimate of drug-likeness (QED) is 0.759. The normalized spacial score (nSPS) is 21.8. The molecular weight excluding hydrogens is 314 g/mol. The van der Waals surface area contributed by atoms with Crippen molar-refractivity contribution in [2.45, 2.75) is 71.3 Å². The molecular formula is C21H31NO3. The minimum Gasteiger partial charge on any atom is -0.480 e. The fourth-order valence-corrected chi connectivity index (χ4v) is 3.84. The van der Waals surface area contributed by atoms with Crippen molar-refractivity contribution in [3.63, 3.8) is 0 Å². The van der Waals surface area contributed by atoms with E-state index in [4.69, 9.17) is 0 Å². The molecule has 4 heteroatoms. The van der Waals surface area contributed by atoms with E-state index in [1.54, 1.807) is 13.8 Å². The molecule has 1 atom stereocenters. The first-order valence-electron chi connectivity index (χ1n) is 9.56. The number of carbonyl (C=O) groups excluding carboxylic acids is 1. The lowest BCUT2D eigenvalue weighted by Gasteiger charge is -2.28. The van der Waals surface area contributed by atoms with Gasteiger partial charge in [-0.05, 0) is 61.1 Å².